The molecule has 9 heteroatoms. The molecule has 3 N–H and O–H groups in total. The first kappa shape index (κ1) is 25.3. The van der Waals surface area contributed by atoms with Crippen molar-refractivity contribution in [1.82, 2.24) is 15.6 Å². The van der Waals surface area contributed by atoms with Crippen LogP contribution in [0.25, 0.3) is 10.2 Å². The molecule has 0 radical (unpaired) electrons. The number of aromatic nitrogens is 1. The van der Waals surface area contributed by atoms with Crippen molar-refractivity contribution in [2.75, 3.05) is 18.0 Å². The van der Waals surface area contributed by atoms with E-state index in [0.717, 1.165) is 43.1 Å². The van der Waals surface area contributed by atoms with Gasteiger partial charge in [0.25, 0.3) is 5.91 Å². The summed E-state index contributed by atoms with van der Waals surface area (Å²) in [7, 11) is 0. The van der Waals surface area contributed by atoms with E-state index in [-0.39, 0.29) is 23.6 Å². The summed E-state index contributed by atoms with van der Waals surface area (Å²) < 4.78 is 0.701. The number of fused-ring (bicyclic) bond motifs is 1. The Labute approximate surface area is 210 Å². The molecule has 1 aromatic heterocycles. The highest BCUT2D eigenvalue weighted by molar-refractivity contribution is 7.22. The molecule has 0 bridgehead atoms. The molecule has 2 aromatic rings. The van der Waals surface area contributed by atoms with Gasteiger partial charge in [0.2, 0.25) is 0 Å². The third-order valence-corrected chi connectivity index (χ3v) is 8.37. The zero-order valence-corrected chi connectivity index (χ0v) is 21.7. The molecule has 1 unspecified atom stereocenters. The van der Waals surface area contributed by atoms with Gasteiger partial charge in [-0.1, -0.05) is 36.3 Å². The van der Waals surface area contributed by atoms with E-state index in [1.54, 1.807) is 19.1 Å². The summed E-state index contributed by atoms with van der Waals surface area (Å²) in [5.74, 6) is -1.06. The fourth-order valence-electron chi connectivity index (χ4n) is 4.51. The molecule has 2 atom stereocenters. The molecular weight excluding hydrogens is 462 g/mol. The Morgan fingerprint density at radius 2 is 1.97 bits per heavy atom. The van der Waals surface area contributed by atoms with E-state index in [4.69, 9.17) is 4.98 Å². The molecular formula is C26H35N5O3S. The molecule has 1 amide bonds. The average molecular weight is 498 g/mol. The Kier molecular flexibility index (Phi) is 7.86. The zero-order valence-electron chi connectivity index (χ0n) is 20.9. The fraction of sp³-hybridized carbons (Fsp3) is 0.538. The summed E-state index contributed by atoms with van der Waals surface area (Å²) in [6, 6.07) is 5.76. The van der Waals surface area contributed by atoms with E-state index in [2.05, 4.69) is 27.4 Å². The fourth-order valence-corrected chi connectivity index (χ4v) is 5.62. The van der Waals surface area contributed by atoms with E-state index in [9.17, 15) is 14.7 Å². The number of hydrogen-bond donors (Lipinski definition) is 3. The minimum atomic E-state index is -0.937. The van der Waals surface area contributed by atoms with Crippen LogP contribution in [0.3, 0.4) is 0 Å². The number of nitrogens with one attached hydrogen (secondary N) is 2. The third-order valence-electron chi connectivity index (χ3n) is 7.20. The van der Waals surface area contributed by atoms with Gasteiger partial charge in [0.15, 0.2) is 5.13 Å². The van der Waals surface area contributed by atoms with Crippen LogP contribution in [0.15, 0.2) is 34.5 Å². The second kappa shape index (κ2) is 10.9. The summed E-state index contributed by atoms with van der Waals surface area (Å²) in [4.78, 5) is 36.1. The van der Waals surface area contributed by atoms with Gasteiger partial charge in [-0.15, -0.1) is 0 Å². The van der Waals surface area contributed by atoms with Crippen molar-refractivity contribution >= 4 is 44.3 Å². The number of aromatic carboxylic acids is 1. The van der Waals surface area contributed by atoms with Crippen LogP contribution in [0, 0.1) is 0 Å². The predicted molar refractivity (Wildman–Crippen MR) is 142 cm³/mol. The number of thiazole rings is 1. The van der Waals surface area contributed by atoms with Crippen LogP contribution in [0.1, 0.15) is 70.2 Å². The molecule has 188 valence electrons. The van der Waals surface area contributed by atoms with Gasteiger partial charge in [-0.2, -0.15) is 0 Å². The van der Waals surface area contributed by atoms with Crippen molar-refractivity contribution < 1.29 is 14.7 Å². The van der Waals surface area contributed by atoms with Crippen molar-refractivity contribution in [3.63, 3.8) is 0 Å². The van der Waals surface area contributed by atoms with Crippen LogP contribution in [0.5, 0.6) is 0 Å². The molecule has 1 aromatic carbocycles. The lowest BCUT2D eigenvalue weighted by molar-refractivity contribution is -0.115. The van der Waals surface area contributed by atoms with Gasteiger partial charge in [0, 0.05) is 36.9 Å². The van der Waals surface area contributed by atoms with E-state index in [1.165, 1.54) is 23.3 Å². The molecule has 1 aliphatic carbocycles. The second-order valence-corrected chi connectivity index (χ2v) is 10.6. The Morgan fingerprint density at radius 3 is 2.63 bits per heavy atom. The number of carboxylic acid groups (broad SMARTS) is 1. The van der Waals surface area contributed by atoms with Crippen LogP contribution in [-0.2, 0) is 4.79 Å². The number of nitrogens with zero attached hydrogens (tertiary/aromatic N) is 3. The number of anilines is 1. The van der Waals surface area contributed by atoms with E-state index < -0.39 is 5.97 Å². The van der Waals surface area contributed by atoms with Crippen molar-refractivity contribution in [2.45, 2.75) is 77.9 Å². The molecule has 2 aliphatic rings. The maximum Gasteiger partial charge on any atom is 0.337 e. The van der Waals surface area contributed by atoms with Gasteiger partial charge in [-0.05, 0) is 58.6 Å². The minimum absolute atomic E-state index is 0.00924. The first-order chi connectivity index (χ1) is 16.8. The van der Waals surface area contributed by atoms with E-state index in [0.29, 0.717) is 28.5 Å². The van der Waals surface area contributed by atoms with E-state index in [1.807, 2.05) is 19.9 Å². The van der Waals surface area contributed by atoms with Crippen LogP contribution >= 0.6 is 11.3 Å². The van der Waals surface area contributed by atoms with Crippen LogP contribution in [-0.4, -0.2) is 58.9 Å². The minimum Gasteiger partial charge on any atom is -0.478 e. The number of aliphatic imine (C=N–C) groups is 1. The van der Waals surface area contributed by atoms with Crippen LogP contribution in [0.2, 0.25) is 0 Å². The molecule has 0 spiro atoms. The van der Waals surface area contributed by atoms with Crippen LogP contribution < -0.4 is 15.5 Å². The number of allylic oxidation sites excluding steroid dienone is 2. The lowest BCUT2D eigenvalue weighted by Gasteiger charge is -2.42. The quantitative estimate of drug-likeness (QED) is 0.468. The first-order valence-corrected chi connectivity index (χ1v) is 13.2. The second-order valence-electron chi connectivity index (χ2n) is 9.59. The number of benzene rings is 1. The van der Waals surface area contributed by atoms with Gasteiger partial charge in [0.1, 0.15) is 5.71 Å². The van der Waals surface area contributed by atoms with Crippen molar-refractivity contribution in [3.05, 3.63) is 35.0 Å². The number of carbonyl (C=O) groups is 2. The van der Waals surface area contributed by atoms with Crippen LogP contribution in [0.4, 0.5) is 5.13 Å². The normalized spacial score (nSPS) is 22.1. The highest BCUT2D eigenvalue weighted by atomic mass is 32.1. The molecule has 1 saturated heterocycles. The maximum absolute atomic E-state index is 13.0. The zero-order chi connectivity index (χ0) is 25.1. The highest BCUT2D eigenvalue weighted by Gasteiger charge is 2.34. The number of hydrogen-bond acceptors (Lipinski definition) is 7. The Balaban J connectivity index is 1.51. The lowest BCUT2D eigenvalue weighted by Crippen LogP contribution is -2.62. The van der Waals surface area contributed by atoms with Gasteiger partial charge in [-0.3, -0.25) is 9.79 Å². The molecule has 35 heavy (non-hydrogen) atoms. The smallest absolute Gasteiger partial charge is 0.337 e. The third kappa shape index (κ3) is 5.73. The maximum atomic E-state index is 13.0. The predicted octanol–water partition coefficient (Wildman–Crippen LogP) is 4.36. The van der Waals surface area contributed by atoms with Crippen molar-refractivity contribution in [3.8, 4) is 0 Å². The molecule has 1 aliphatic heterocycles. The number of amides is 1. The SMILES string of the molecule is CC/C(C)=C(C)/N=C(\C)C(=O)N[C@@H]1CCN(c2nc3cccc(C(=O)O)c3s2)CC1NC1CCC1. The largest absolute Gasteiger partial charge is 0.478 e. The van der Waals surface area contributed by atoms with Gasteiger partial charge < -0.3 is 20.6 Å². The Hall–Kier alpha value is -2.78. The van der Waals surface area contributed by atoms with Crippen molar-refractivity contribution in [2.24, 2.45) is 4.99 Å². The molecule has 2 heterocycles. The summed E-state index contributed by atoms with van der Waals surface area (Å²) in [6.45, 7) is 9.28. The molecule has 1 saturated carbocycles. The first-order valence-electron chi connectivity index (χ1n) is 12.4. The van der Waals surface area contributed by atoms with E-state index >= 15 is 0 Å². The molecule has 4 rings (SSSR count). The van der Waals surface area contributed by atoms with Crippen molar-refractivity contribution in [1.29, 1.82) is 0 Å². The monoisotopic (exact) mass is 497 g/mol. The average Bonchev–Trinajstić information content (AvgIpc) is 3.25. The number of carboxylic acids is 1. The highest BCUT2D eigenvalue weighted by Crippen LogP contribution is 2.33. The summed E-state index contributed by atoms with van der Waals surface area (Å²) in [5.41, 5.74) is 3.55. The van der Waals surface area contributed by atoms with Gasteiger partial charge >= 0.3 is 5.97 Å². The summed E-state index contributed by atoms with van der Waals surface area (Å²) in [5, 5.41) is 17.4. The molecule has 2 fully saturated rings. The van der Waals surface area contributed by atoms with Gasteiger partial charge in [-0.25, -0.2) is 9.78 Å². The lowest BCUT2D eigenvalue weighted by atomic mass is 9.90. The number of carbonyl (C=O) groups excluding carboxylic acids is 1. The Morgan fingerprint density at radius 1 is 1.20 bits per heavy atom. The summed E-state index contributed by atoms with van der Waals surface area (Å²) in [6.07, 6.45) is 5.22. The van der Waals surface area contributed by atoms with Gasteiger partial charge in [0.05, 0.1) is 15.8 Å². The Bertz CT molecular complexity index is 1170. The number of piperidine rings is 1. The topological polar surface area (TPSA) is 107 Å². The standard InChI is InChI=1S/C26H35N5O3S/c1-5-15(2)16(3)27-17(4)24(32)29-20-12-13-31(14-22(20)28-18-8-6-9-18)26-30-21-11-7-10-19(25(33)34)23(21)35-26/h7,10-11,18,20,22,28H,5-6,8-9,12-14H2,1-4H3,(H,29,32)(H,33,34)/b16-15+,27-17+/t20-,22?/m1/s1. The molecule has 8 nitrogen and oxygen atoms in total. The summed E-state index contributed by atoms with van der Waals surface area (Å²) >= 11 is 1.43. The number of rotatable bonds is 8.